The number of benzene rings is 2. The molecular weight excluding hydrogens is 374 g/mol. The molecule has 30 heavy (non-hydrogen) atoms. The minimum absolute atomic E-state index is 0.0931. The molecule has 0 unspecified atom stereocenters. The number of rotatable bonds is 3. The fourth-order valence-corrected chi connectivity index (χ4v) is 3.80. The molecule has 1 aromatic heterocycles. The van der Waals surface area contributed by atoms with Crippen LogP contribution in [0.15, 0.2) is 48.5 Å². The number of aromatic nitrogens is 2. The summed E-state index contributed by atoms with van der Waals surface area (Å²) in [5.41, 5.74) is 6.12. The lowest BCUT2D eigenvalue weighted by Crippen LogP contribution is -2.40. The van der Waals surface area contributed by atoms with E-state index in [1.165, 1.54) is 5.56 Å². The standard InChI is InChI=1S/C24H27N5O/c1-16-10-11-20(17(2)14-16)26-24(30)29-13-12-21-19(15-29)23(28(3)4)27-22(25-21)18-8-6-5-7-9-18/h5-11,14H,12-13,15H2,1-4H3,(H,26,30). The van der Waals surface area contributed by atoms with Gasteiger partial charge in [0.2, 0.25) is 0 Å². The molecule has 0 atom stereocenters. The molecule has 4 rings (SSSR count). The molecule has 6 heteroatoms. The average Bonchev–Trinajstić information content (AvgIpc) is 2.75. The molecule has 2 aromatic carbocycles. The third-order valence-corrected chi connectivity index (χ3v) is 5.40. The van der Waals surface area contributed by atoms with E-state index in [2.05, 4.69) is 11.4 Å². The van der Waals surface area contributed by atoms with Crippen molar-refractivity contribution in [2.75, 3.05) is 30.9 Å². The van der Waals surface area contributed by atoms with Crippen molar-refractivity contribution in [1.29, 1.82) is 0 Å². The van der Waals surface area contributed by atoms with Gasteiger partial charge in [-0.05, 0) is 25.5 Å². The first-order valence-corrected chi connectivity index (χ1v) is 10.2. The molecule has 3 aromatic rings. The first-order valence-electron chi connectivity index (χ1n) is 10.2. The molecule has 0 saturated carbocycles. The van der Waals surface area contributed by atoms with E-state index in [0.29, 0.717) is 19.5 Å². The molecule has 0 spiro atoms. The van der Waals surface area contributed by atoms with Gasteiger partial charge in [-0.2, -0.15) is 0 Å². The van der Waals surface area contributed by atoms with Crippen molar-refractivity contribution >= 4 is 17.5 Å². The quantitative estimate of drug-likeness (QED) is 0.706. The minimum Gasteiger partial charge on any atom is -0.362 e. The summed E-state index contributed by atoms with van der Waals surface area (Å²) in [5, 5.41) is 3.06. The number of carbonyl (C=O) groups excluding carboxylic acids is 1. The van der Waals surface area contributed by atoms with Crippen LogP contribution in [0.3, 0.4) is 0 Å². The first-order chi connectivity index (χ1) is 14.4. The van der Waals surface area contributed by atoms with Gasteiger partial charge in [0.15, 0.2) is 5.82 Å². The van der Waals surface area contributed by atoms with Gasteiger partial charge in [-0.15, -0.1) is 0 Å². The van der Waals surface area contributed by atoms with Gasteiger partial charge in [0, 0.05) is 43.9 Å². The number of hydrogen-bond donors (Lipinski definition) is 1. The van der Waals surface area contributed by atoms with Crippen LogP contribution in [0.5, 0.6) is 0 Å². The normalized spacial score (nSPS) is 13.0. The van der Waals surface area contributed by atoms with Gasteiger partial charge in [0.25, 0.3) is 0 Å². The van der Waals surface area contributed by atoms with Gasteiger partial charge < -0.3 is 15.1 Å². The second-order valence-corrected chi connectivity index (χ2v) is 7.98. The van der Waals surface area contributed by atoms with E-state index in [1.54, 1.807) is 0 Å². The van der Waals surface area contributed by atoms with Crippen LogP contribution in [0, 0.1) is 13.8 Å². The molecule has 0 aliphatic carbocycles. The zero-order chi connectivity index (χ0) is 21.3. The highest BCUT2D eigenvalue weighted by Crippen LogP contribution is 2.29. The molecule has 0 fully saturated rings. The van der Waals surface area contributed by atoms with Crippen molar-refractivity contribution in [3.05, 3.63) is 70.9 Å². The Balaban J connectivity index is 1.60. The molecule has 2 heterocycles. The van der Waals surface area contributed by atoms with E-state index in [4.69, 9.17) is 9.97 Å². The fraction of sp³-hybridized carbons (Fsp3) is 0.292. The number of fused-ring (bicyclic) bond motifs is 1. The Morgan fingerprint density at radius 1 is 1.07 bits per heavy atom. The van der Waals surface area contributed by atoms with Gasteiger partial charge in [-0.25, -0.2) is 14.8 Å². The Labute approximate surface area is 177 Å². The Hall–Kier alpha value is -3.41. The van der Waals surface area contributed by atoms with E-state index in [9.17, 15) is 4.79 Å². The van der Waals surface area contributed by atoms with Crippen LogP contribution in [0.2, 0.25) is 0 Å². The highest BCUT2D eigenvalue weighted by atomic mass is 16.2. The van der Waals surface area contributed by atoms with Crippen molar-refractivity contribution in [3.8, 4) is 11.4 Å². The second kappa shape index (κ2) is 8.14. The number of nitrogens with one attached hydrogen (secondary N) is 1. The smallest absolute Gasteiger partial charge is 0.322 e. The lowest BCUT2D eigenvalue weighted by Gasteiger charge is -2.31. The Kier molecular flexibility index (Phi) is 5.40. The van der Waals surface area contributed by atoms with Crippen LogP contribution in [-0.4, -0.2) is 41.5 Å². The van der Waals surface area contributed by atoms with Crippen LogP contribution in [0.1, 0.15) is 22.4 Å². The topological polar surface area (TPSA) is 61.4 Å². The third-order valence-electron chi connectivity index (χ3n) is 5.40. The maximum atomic E-state index is 12.9. The monoisotopic (exact) mass is 401 g/mol. The average molecular weight is 402 g/mol. The number of aryl methyl sites for hydroxylation is 2. The van der Waals surface area contributed by atoms with Crippen LogP contribution in [0.4, 0.5) is 16.3 Å². The highest BCUT2D eigenvalue weighted by molar-refractivity contribution is 5.90. The lowest BCUT2D eigenvalue weighted by molar-refractivity contribution is 0.206. The summed E-state index contributed by atoms with van der Waals surface area (Å²) in [6, 6.07) is 16.0. The first kappa shape index (κ1) is 19.9. The Bertz CT molecular complexity index is 1080. The number of carbonyl (C=O) groups is 1. The van der Waals surface area contributed by atoms with E-state index in [0.717, 1.165) is 39.7 Å². The largest absolute Gasteiger partial charge is 0.362 e. The molecule has 154 valence electrons. The molecular formula is C24H27N5O. The van der Waals surface area contributed by atoms with Crippen molar-refractivity contribution in [2.45, 2.75) is 26.8 Å². The number of urea groups is 1. The molecule has 6 nitrogen and oxygen atoms in total. The molecule has 0 radical (unpaired) electrons. The van der Waals surface area contributed by atoms with Crippen molar-refractivity contribution in [3.63, 3.8) is 0 Å². The SMILES string of the molecule is Cc1ccc(NC(=O)N2CCc3nc(-c4ccccc4)nc(N(C)C)c3C2)c(C)c1. The van der Waals surface area contributed by atoms with Crippen LogP contribution in [0.25, 0.3) is 11.4 Å². The molecule has 0 bridgehead atoms. The van der Waals surface area contributed by atoms with Crippen LogP contribution >= 0.6 is 0 Å². The van der Waals surface area contributed by atoms with E-state index >= 15 is 0 Å². The van der Waals surface area contributed by atoms with Gasteiger partial charge in [0.05, 0.1) is 12.2 Å². The predicted octanol–water partition coefficient (Wildman–Crippen LogP) is 4.42. The summed E-state index contributed by atoms with van der Waals surface area (Å²) >= 11 is 0. The molecule has 1 N–H and O–H groups in total. The highest BCUT2D eigenvalue weighted by Gasteiger charge is 2.26. The molecule has 0 saturated heterocycles. The van der Waals surface area contributed by atoms with Crippen LogP contribution < -0.4 is 10.2 Å². The van der Waals surface area contributed by atoms with E-state index < -0.39 is 0 Å². The summed E-state index contributed by atoms with van der Waals surface area (Å²) < 4.78 is 0. The maximum Gasteiger partial charge on any atom is 0.322 e. The zero-order valence-corrected chi connectivity index (χ0v) is 17.9. The second-order valence-electron chi connectivity index (χ2n) is 7.98. The number of nitrogens with zero attached hydrogens (tertiary/aromatic N) is 4. The number of anilines is 2. The summed E-state index contributed by atoms with van der Waals surface area (Å²) in [7, 11) is 3.96. The summed E-state index contributed by atoms with van der Waals surface area (Å²) in [6.45, 7) is 5.18. The fourth-order valence-electron chi connectivity index (χ4n) is 3.80. The van der Waals surface area contributed by atoms with E-state index in [1.807, 2.05) is 80.2 Å². The van der Waals surface area contributed by atoms with E-state index in [-0.39, 0.29) is 6.03 Å². The van der Waals surface area contributed by atoms with Crippen molar-refractivity contribution in [2.24, 2.45) is 0 Å². The minimum atomic E-state index is -0.0931. The van der Waals surface area contributed by atoms with Crippen LogP contribution in [-0.2, 0) is 13.0 Å². The van der Waals surface area contributed by atoms with Crippen molar-refractivity contribution < 1.29 is 4.79 Å². The Morgan fingerprint density at radius 2 is 1.83 bits per heavy atom. The van der Waals surface area contributed by atoms with Gasteiger partial charge in [-0.3, -0.25) is 0 Å². The third kappa shape index (κ3) is 3.99. The Morgan fingerprint density at radius 3 is 2.53 bits per heavy atom. The summed E-state index contributed by atoms with van der Waals surface area (Å²) in [6.07, 6.45) is 0.707. The molecule has 1 aliphatic rings. The molecule has 1 aliphatic heterocycles. The van der Waals surface area contributed by atoms with Crippen molar-refractivity contribution in [1.82, 2.24) is 14.9 Å². The number of hydrogen-bond acceptors (Lipinski definition) is 4. The van der Waals surface area contributed by atoms with Gasteiger partial charge >= 0.3 is 6.03 Å². The number of amides is 2. The van der Waals surface area contributed by atoms with Gasteiger partial charge in [-0.1, -0.05) is 48.0 Å². The molecule has 2 amide bonds. The lowest BCUT2D eigenvalue weighted by atomic mass is 10.0. The summed E-state index contributed by atoms with van der Waals surface area (Å²) in [5.74, 6) is 1.59. The zero-order valence-electron chi connectivity index (χ0n) is 17.9. The van der Waals surface area contributed by atoms with Gasteiger partial charge in [0.1, 0.15) is 5.82 Å². The maximum absolute atomic E-state index is 12.9. The predicted molar refractivity (Wildman–Crippen MR) is 121 cm³/mol. The summed E-state index contributed by atoms with van der Waals surface area (Å²) in [4.78, 5) is 26.4.